The predicted octanol–water partition coefficient (Wildman–Crippen LogP) is 2.66. The highest BCUT2D eigenvalue weighted by Crippen LogP contribution is 2.34. The largest absolute Gasteiger partial charge is 0.490 e. The Labute approximate surface area is 92.2 Å². The van der Waals surface area contributed by atoms with Gasteiger partial charge in [0.05, 0.1) is 0 Å². The number of alkyl halides is 1. The van der Waals surface area contributed by atoms with Gasteiger partial charge in [-0.2, -0.15) is 0 Å². The molecule has 2 nitrogen and oxygen atoms in total. The molecule has 1 aromatic rings. The van der Waals surface area contributed by atoms with E-state index in [-0.39, 0.29) is 24.8 Å². The van der Waals surface area contributed by atoms with Crippen LogP contribution in [0.4, 0.5) is 8.78 Å². The van der Waals surface area contributed by atoms with Crippen molar-refractivity contribution in [2.75, 3.05) is 0 Å². The van der Waals surface area contributed by atoms with E-state index in [4.69, 9.17) is 4.74 Å². The minimum Gasteiger partial charge on any atom is -0.490 e. The average Bonchev–Trinajstić information content (AvgIpc) is 2.65. The van der Waals surface area contributed by atoms with Crippen LogP contribution < -0.4 is 4.74 Å². The first-order valence-corrected chi connectivity index (χ1v) is 5.19. The summed E-state index contributed by atoms with van der Waals surface area (Å²) in [5.74, 6) is 0.160. The number of carbonyl (C=O) groups is 1. The molecule has 0 saturated heterocycles. The van der Waals surface area contributed by atoms with Gasteiger partial charge in [0, 0.05) is 6.42 Å². The lowest BCUT2D eigenvalue weighted by Gasteiger charge is -2.14. The Balaban J connectivity index is 1.97. The highest BCUT2D eigenvalue weighted by atomic mass is 19.1. The lowest BCUT2D eigenvalue weighted by molar-refractivity contribution is -0.117. The van der Waals surface area contributed by atoms with Crippen LogP contribution in [-0.2, 0) is 4.79 Å². The Morgan fingerprint density at radius 3 is 2.62 bits per heavy atom. The molecule has 1 aliphatic rings. The molecule has 0 aromatic heterocycles. The van der Waals surface area contributed by atoms with Crippen molar-refractivity contribution in [2.45, 2.75) is 31.0 Å². The van der Waals surface area contributed by atoms with Gasteiger partial charge < -0.3 is 4.74 Å². The minimum atomic E-state index is -1.75. The van der Waals surface area contributed by atoms with E-state index in [1.165, 1.54) is 24.3 Å². The lowest BCUT2D eigenvalue weighted by atomic mass is 10.1. The summed E-state index contributed by atoms with van der Waals surface area (Å²) in [6.45, 7) is 0. The van der Waals surface area contributed by atoms with Gasteiger partial charge in [-0.05, 0) is 37.1 Å². The van der Waals surface area contributed by atoms with Gasteiger partial charge in [-0.1, -0.05) is 0 Å². The molecule has 1 saturated carbocycles. The van der Waals surface area contributed by atoms with Crippen molar-refractivity contribution in [1.82, 2.24) is 0 Å². The second-order valence-corrected chi connectivity index (χ2v) is 4.09. The zero-order valence-electron chi connectivity index (χ0n) is 8.66. The normalized spacial score (nSPS) is 29.0. The molecule has 4 heteroatoms. The van der Waals surface area contributed by atoms with Crippen LogP contribution in [0.5, 0.6) is 5.75 Å². The summed E-state index contributed by atoms with van der Waals surface area (Å²) in [7, 11) is 0. The third-order valence-electron chi connectivity index (χ3n) is 2.78. The highest BCUT2D eigenvalue weighted by Gasteiger charge is 2.40. The van der Waals surface area contributed by atoms with E-state index >= 15 is 0 Å². The highest BCUT2D eigenvalue weighted by molar-refractivity contribution is 5.63. The van der Waals surface area contributed by atoms with E-state index in [9.17, 15) is 13.6 Å². The molecule has 0 amide bonds. The predicted molar refractivity (Wildman–Crippen MR) is 54.6 cm³/mol. The SMILES string of the molecule is O=CC1(F)CCC(Oc2ccc(F)cc2)C1. The second kappa shape index (κ2) is 4.20. The third-order valence-corrected chi connectivity index (χ3v) is 2.78. The zero-order chi connectivity index (χ0) is 11.6. The molecular weight excluding hydrogens is 214 g/mol. The van der Waals surface area contributed by atoms with Gasteiger partial charge in [0.15, 0.2) is 12.0 Å². The van der Waals surface area contributed by atoms with Crippen LogP contribution in [-0.4, -0.2) is 18.1 Å². The van der Waals surface area contributed by atoms with Crippen LogP contribution in [0, 0.1) is 5.82 Å². The summed E-state index contributed by atoms with van der Waals surface area (Å²) >= 11 is 0. The molecule has 1 aliphatic carbocycles. The lowest BCUT2D eigenvalue weighted by Crippen LogP contribution is -2.23. The third kappa shape index (κ3) is 2.38. The minimum absolute atomic E-state index is 0.0773. The number of rotatable bonds is 3. The van der Waals surface area contributed by atoms with Crippen LogP contribution in [0.1, 0.15) is 19.3 Å². The molecule has 0 N–H and O–H groups in total. The van der Waals surface area contributed by atoms with E-state index in [1.54, 1.807) is 0 Å². The molecule has 1 aromatic carbocycles. The summed E-state index contributed by atoms with van der Waals surface area (Å²) in [4.78, 5) is 10.5. The van der Waals surface area contributed by atoms with Crippen molar-refractivity contribution in [3.63, 3.8) is 0 Å². The van der Waals surface area contributed by atoms with Crippen molar-refractivity contribution in [2.24, 2.45) is 0 Å². The van der Waals surface area contributed by atoms with E-state index in [0.717, 1.165) is 0 Å². The molecule has 86 valence electrons. The summed E-state index contributed by atoms with van der Waals surface area (Å²) in [5, 5.41) is 0. The Bertz CT molecular complexity index is 377. The van der Waals surface area contributed by atoms with Crippen LogP contribution in [0.25, 0.3) is 0 Å². The average molecular weight is 226 g/mol. The fourth-order valence-corrected chi connectivity index (χ4v) is 1.90. The van der Waals surface area contributed by atoms with E-state index in [2.05, 4.69) is 0 Å². The number of aldehydes is 1. The molecule has 2 rings (SSSR count). The first-order valence-electron chi connectivity index (χ1n) is 5.19. The molecule has 0 spiro atoms. The second-order valence-electron chi connectivity index (χ2n) is 4.09. The molecule has 16 heavy (non-hydrogen) atoms. The van der Waals surface area contributed by atoms with Crippen LogP contribution in [0.3, 0.4) is 0 Å². The maximum Gasteiger partial charge on any atom is 0.169 e. The Morgan fingerprint density at radius 1 is 1.38 bits per heavy atom. The number of hydrogen-bond acceptors (Lipinski definition) is 2. The Kier molecular flexibility index (Phi) is 2.90. The topological polar surface area (TPSA) is 26.3 Å². The summed E-state index contributed by atoms with van der Waals surface area (Å²) < 4.78 is 31.6. The molecule has 1 fully saturated rings. The number of hydrogen-bond donors (Lipinski definition) is 0. The Hall–Kier alpha value is -1.45. The van der Waals surface area contributed by atoms with Gasteiger partial charge >= 0.3 is 0 Å². The number of halogens is 2. The van der Waals surface area contributed by atoms with Crippen molar-refractivity contribution >= 4 is 6.29 Å². The number of ether oxygens (including phenoxy) is 1. The van der Waals surface area contributed by atoms with Crippen LogP contribution in [0.2, 0.25) is 0 Å². The maximum absolute atomic E-state index is 13.6. The van der Waals surface area contributed by atoms with E-state index in [1.807, 2.05) is 0 Å². The smallest absolute Gasteiger partial charge is 0.169 e. The first kappa shape index (κ1) is 11.0. The Morgan fingerprint density at radius 2 is 2.06 bits per heavy atom. The molecule has 0 radical (unpaired) electrons. The van der Waals surface area contributed by atoms with Crippen molar-refractivity contribution in [3.8, 4) is 5.75 Å². The van der Waals surface area contributed by atoms with E-state index < -0.39 is 5.67 Å². The first-order chi connectivity index (χ1) is 7.61. The van der Waals surface area contributed by atoms with Gasteiger partial charge in [-0.25, -0.2) is 8.78 Å². The van der Waals surface area contributed by atoms with Gasteiger partial charge in [-0.3, -0.25) is 4.79 Å². The quantitative estimate of drug-likeness (QED) is 0.740. The van der Waals surface area contributed by atoms with Crippen molar-refractivity contribution in [3.05, 3.63) is 30.1 Å². The number of benzene rings is 1. The fourth-order valence-electron chi connectivity index (χ4n) is 1.90. The monoisotopic (exact) mass is 226 g/mol. The molecule has 0 heterocycles. The molecule has 0 aliphatic heterocycles. The standard InChI is InChI=1S/C12H12F2O2/c13-9-1-3-10(4-2-9)16-11-5-6-12(14,7-11)8-15/h1-4,8,11H,5-7H2. The maximum atomic E-state index is 13.6. The van der Waals surface area contributed by atoms with E-state index in [0.29, 0.717) is 18.5 Å². The van der Waals surface area contributed by atoms with Gasteiger partial charge in [0.1, 0.15) is 17.7 Å². The van der Waals surface area contributed by atoms with Gasteiger partial charge in [0.25, 0.3) is 0 Å². The van der Waals surface area contributed by atoms with Gasteiger partial charge in [-0.15, -0.1) is 0 Å². The van der Waals surface area contributed by atoms with Gasteiger partial charge in [0.2, 0.25) is 0 Å². The van der Waals surface area contributed by atoms with Crippen LogP contribution >= 0.6 is 0 Å². The molecule has 2 atom stereocenters. The van der Waals surface area contributed by atoms with Crippen molar-refractivity contribution < 1.29 is 18.3 Å². The zero-order valence-corrected chi connectivity index (χ0v) is 8.66. The molecule has 2 unspecified atom stereocenters. The van der Waals surface area contributed by atoms with Crippen molar-refractivity contribution in [1.29, 1.82) is 0 Å². The summed E-state index contributed by atoms with van der Waals surface area (Å²) in [6.07, 6.45) is 0.824. The van der Waals surface area contributed by atoms with Crippen LogP contribution in [0.15, 0.2) is 24.3 Å². The molecule has 0 bridgehead atoms. The summed E-state index contributed by atoms with van der Waals surface area (Å²) in [6, 6.07) is 5.56. The molecular formula is C12H12F2O2. The summed E-state index contributed by atoms with van der Waals surface area (Å²) in [5.41, 5.74) is -1.75. The number of carbonyl (C=O) groups excluding carboxylic acids is 1. The fraction of sp³-hybridized carbons (Fsp3) is 0.417.